The van der Waals surface area contributed by atoms with Gasteiger partial charge in [0.05, 0.1) is 13.2 Å². The fourth-order valence-corrected chi connectivity index (χ4v) is 4.52. The third kappa shape index (κ3) is 5.69. The fraction of sp³-hybridized carbons (Fsp3) is 0.400. The fourth-order valence-electron chi connectivity index (χ4n) is 4.30. The summed E-state index contributed by atoms with van der Waals surface area (Å²) in [6.07, 6.45) is 2.73. The van der Waals surface area contributed by atoms with Gasteiger partial charge in [0.1, 0.15) is 5.75 Å². The molecule has 1 saturated heterocycles. The van der Waals surface area contributed by atoms with Gasteiger partial charge in [-0.15, -0.1) is 0 Å². The number of ether oxygens (including phenoxy) is 1. The third-order valence-electron chi connectivity index (χ3n) is 6.21. The van der Waals surface area contributed by atoms with Crippen LogP contribution in [0.2, 0.25) is 0 Å². The largest absolute Gasteiger partial charge is 0.497 e. The average molecular weight is 466 g/mol. The molecule has 2 aromatic carbocycles. The van der Waals surface area contributed by atoms with Crippen molar-refractivity contribution < 1.29 is 9.53 Å². The molecule has 0 aliphatic carbocycles. The number of benzene rings is 2. The second kappa shape index (κ2) is 10.8. The number of aryl methyl sites for hydroxylation is 1. The Labute approximate surface area is 199 Å². The summed E-state index contributed by atoms with van der Waals surface area (Å²) < 4.78 is 7.70. The molecular formula is C25H31N5O2S. The Morgan fingerprint density at radius 1 is 1.15 bits per heavy atom. The van der Waals surface area contributed by atoms with Crippen LogP contribution in [0.3, 0.4) is 0 Å². The molecule has 2 heterocycles. The Morgan fingerprint density at radius 2 is 1.85 bits per heavy atom. The first-order valence-electron chi connectivity index (χ1n) is 11.4. The highest BCUT2D eigenvalue weighted by atomic mass is 32.1. The number of nitrogens with zero attached hydrogens (tertiary/aromatic N) is 3. The van der Waals surface area contributed by atoms with Gasteiger partial charge in [0.15, 0.2) is 10.6 Å². The molecule has 0 bridgehead atoms. The molecule has 8 heteroatoms. The van der Waals surface area contributed by atoms with Crippen molar-refractivity contribution in [2.45, 2.75) is 38.8 Å². The number of aromatic nitrogens is 3. The molecule has 0 spiro atoms. The van der Waals surface area contributed by atoms with Crippen LogP contribution < -0.4 is 10.1 Å². The molecule has 7 nitrogen and oxygen atoms in total. The van der Waals surface area contributed by atoms with Gasteiger partial charge in [-0.05, 0) is 62.8 Å². The molecule has 1 aromatic heterocycles. The van der Waals surface area contributed by atoms with Crippen molar-refractivity contribution in [3.63, 3.8) is 0 Å². The van der Waals surface area contributed by atoms with Gasteiger partial charge in [-0.3, -0.25) is 19.4 Å². The molecule has 174 valence electrons. The molecule has 0 saturated carbocycles. The zero-order valence-electron chi connectivity index (χ0n) is 19.2. The van der Waals surface area contributed by atoms with Crippen molar-refractivity contribution >= 4 is 18.1 Å². The molecule has 1 aliphatic heterocycles. The van der Waals surface area contributed by atoms with Gasteiger partial charge in [-0.25, -0.2) is 0 Å². The number of aromatic amines is 1. The number of nitrogens with one attached hydrogen (secondary N) is 2. The van der Waals surface area contributed by atoms with Crippen LogP contribution in [-0.2, 0) is 11.3 Å². The maximum Gasteiger partial charge on any atom is 0.221 e. The molecule has 0 radical (unpaired) electrons. The SMILES string of the molecule is COc1ccc(C(CNC(=O)CCn2c(-c3ccc(C)cc3)n[nH]c2=S)N2CCCC2)cc1. The molecule has 1 unspecified atom stereocenters. The van der Waals surface area contributed by atoms with Crippen LogP contribution in [0.5, 0.6) is 5.75 Å². The maximum atomic E-state index is 12.8. The number of rotatable bonds is 9. The lowest BCUT2D eigenvalue weighted by atomic mass is 10.1. The quantitative estimate of drug-likeness (QED) is 0.462. The lowest BCUT2D eigenvalue weighted by Crippen LogP contribution is -2.37. The van der Waals surface area contributed by atoms with Gasteiger partial charge >= 0.3 is 0 Å². The van der Waals surface area contributed by atoms with E-state index in [4.69, 9.17) is 17.0 Å². The molecule has 4 rings (SSSR count). The van der Waals surface area contributed by atoms with E-state index in [1.54, 1.807) is 7.11 Å². The summed E-state index contributed by atoms with van der Waals surface area (Å²) >= 11 is 5.41. The van der Waals surface area contributed by atoms with Gasteiger partial charge in [-0.1, -0.05) is 42.0 Å². The predicted molar refractivity (Wildman–Crippen MR) is 132 cm³/mol. The van der Waals surface area contributed by atoms with Gasteiger partial charge in [0.25, 0.3) is 0 Å². The smallest absolute Gasteiger partial charge is 0.221 e. The van der Waals surface area contributed by atoms with E-state index in [1.165, 1.54) is 24.0 Å². The number of hydrogen-bond acceptors (Lipinski definition) is 5. The molecule has 2 N–H and O–H groups in total. The summed E-state index contributed by atoms with van der Waals surface area (Å²) in [6.45, 7) is 5.20. The van der Waals surface area contributed by atoms with E-state index >= 15 is 0 Å². The van der Waals surface area contributed by atoms with E-state index in [1.807, 2.05) is 47.9 Å². The first kappa shape index (κ1) is 23.2. The third-order valence-corrected chi connectivity index (χ3v) is 6.52. The van der Waals surface area contributed by atoms with Crippen LogP contribution in [-0.4, -0.2) is 52.3 Å². The van der Waals surface area contributed by atoms with Gasteiger partial charge in [0.2, 0.25) is 5.91 Å². The normalized spacial score (nSPS) is 14.8. The zero-order valence-corrected chi connectivity index (χ0v) is 20.0. The van der Waals surface area contributed by atoms with Crippen molar-refractivity contribution in [1.82, 2.24) is 25.0 Å². The lowest BCUT2D eigenvalue weighted by Gasteiger charge is -2.28. The Morgan fingerprint density at radius 3 is 2.52 bits per heavy atom. The second-order valence-electron chi connectivity index (χ2n) is 8.46. The minimum Gasteiger partial charge on any atom is -0.497 e. The van der Waals surface area contributed by atoms with E-state index in [9.17, 15) is 4.79 Å². The molecule has 1 fully saturated rings. The Hall–Kier alpha value is -2.97. The Bertz CT molecular complexity index is 1110. The predicted octanol–water partition coefficient (Wildman–Crippen LogP) is 4.27. The summed E-state index contributed by atoms with van der Waals surface area (Å²) in [6, 6.07) is 16.4. The van der Waals surface area contributed by atoms with Crippen molar-refractivity contribution in [2.75, 3.05) is 26.7 Å². The van der Waals surface area contributed by atoms with Crippen molar-refractivity contribution in [3.05, 3.63) is 64.4 Å². The topological polar surface area (TPSA) is 75.2 Å². The summed E-state index contributed by atoms with van der Waals surface area (Å²) in [5, 5.41) is 10.4. The first-order valence-corrected chi connectivity index (χ1v) is 11.8. The number of H-pyrrole nitrogens is 1. The molecule has 1 amide bonds. The number of likely N-dealkylation sites (tertiary alicyclic amines) is 1. The van der Waals surface area contributed by atoms with Gasteiger partial charge in [-0.2, -0.15) is 5.10 Å². The van der Waals surface area contributed by atoms with Gasteiger partial charge in [0, 0.05) is 25.1 Å². The van der Waals surface area contributed by atoms with Crippen LogP contribution in [0.15, 0.2) is 48.5 Å². The Balaban J connectivity index is 1.39. The van der Waals surface area contributed by atoms with E-state index in [0.29, 0.717) is 24.3 Å². The minimum atomic E-state index is 0.00525. The summed E-state index contributed by atoms with van der Waals surface area (Å²) in [5.74, 6) is 1.59. The van der Waals surface area contributed by atoms with Crippen molar-refractivity contribution in [2.24, 2.45) is 0 Å². The summed E-state index contributed by atoms with van der Waals surface area (Å²) in [4.78, 5) is 15.2. The average Bonchev–Trinajstić information content (AvgIpc) is 3.49. The number of carbonyl (C=O) groups is 1. The van der Waals surface area contributed by atoms with E-state index in [0.717, 1.165) is 30.2 Å². The zero-order chi connectivity index (χ0) is 23.2. The highest BCUT2D eigenvalue weighted by Gasteiger charge is 2.24. The highest BCUT2D eigenvalue weighted by Crippen LogP contribution is 2.26. The number of methoxy groups -OCH3 is 1. The van der Waals surface area contributed by atoms with Crippen molar-refractivity contribution in [1.29, 1.82) is 0 Å². The van der Waals surface area contributed by atoms with Crippen LogP contribution >= 0.6 is 12.2 Å². The summed E-state index contributed by atoms with van der Waals surface area (Å²) in [7, 11) is 1.67. The van der Waals surface area contributed by atoms with Crippen LogP contribution in [0, 0.1) is 11.7 Å². The highest BCUT2D eigenvalue weighted by molar-refractivity contribution is 7.71. The van der Waals surface area contributed by atoms with Crippen LogP contribution in [0.1, 0.15) is 36.4 Å². The lowest BCUT2D eigenvalue weighted by molar-refractivity contribution is -0.121. The van der Waals surface area contributed by atoms with E-state index in [2.05, 4.69) is 32.5 Å². The molecule has 3 aromatic rings. The number of carbonyl (C=O) groups excluding carboxylic acids is 1. The van der Waals surface area contributed by atoms with Gasteiger partial charge < -0.3 is 10.1 Å². The maximum absolute atomic E-state index is 12.8. The number of hydrogen-bond donors (Lipinski definition) is 2. The van der Waals surface area contributed by atoms with Crippen molar-refractivity contribution in [3.8, 4) is 17.1 Å². The first-order chi connectivity index (χ1) is 16.0. The molecule has 1 aliphatic rings. The molecule has 1 atom stereocenters. The Kier molecular flexibility index (Phi) is 7.57. The second-order valence-corrected chi connectivity index (χ2v) is 8.84. The number of amides is 1. The monoisotopic (exact) mass is 465 g/mol. The van der Waals surface area contributed by atoms with Crippen LogP contribution in [0.25, 0.3) is 11.4 Å². The molecular weight excluding hydrogens is 434 g/mol. The van der Waals surface area contributed by atoms with E-state index < -0.39 is 0 Å². The van der Waals surface area contributed by atoms with Crippen LogP contribution in [0.4, 0.5) is 0 Å². The van der Waals surface area contributed by atoms with E-state index in [-0.39, 0.29) is 11.9 Å². The standard InChI is InChI=1S/C25H31N5O2S/c1-18-5-7-20(8-6-18)24-27-28-25(33)30(24)16-13-23(31)26-17-22(29-14-3-4-15-29)19-9-11-21(32-2)12-10-19/h5-12,22H,3-4,13-17H2,1-2H3,(H,26,31)(H,28,33). The molecule has 33 heavy (non-hydrogen) atoms. The minimum absolute atomic E-state index is 0.00525. The summed E-state index contributed by atoms with van der Waals surface area (Å²) in [5.41, 5.74) is 3.35.